The zero-order valence-corrected chi connectivity index (χ0v) is 9.37. The average molecular weight is 183 g/mol. The number of rotatable bonds is 0. The Morgan fingerprint density at radius 2 is 1.92 bits per heavy atom. The van der Waals surface area contributed by atoms with Gasteiger partial charge in [0.15, 0.2) is 0 Å². The molecule has 13 heavy (non-hydrogen) atoms. The van der Waals surface area contributed by atoms with Crippen LogP contribution in [0.15, 0.2) is 12.3 Å². The molecular weight excluding hydrogens is 162 g/mol. The van der Waals surface area contributed by atoms with Crippen LogP contribution in [-0.4, -0.2) is 16.8 Å². The molecule has 0 radical (unpaired) electrons. The monoisotopic (exact) mass is 183 g/mol. The molecule has 0 aliphatic carbocycles. The van der Waals surface area contributed by atoms with Gasteiger partial charge in [-0.05, 0) is 19.3 Å². The molecule has 0 aromatic rings. The maximum Gasteiger partial charge on any atom is 0.223 e. The predicted octanol–water partition coefficient (Wildman–Crippen LogP) is 2.80. The van der Waals surface area contributed by atoms with E-state index in [2.05, 4.69) is 19.9 Å². The van der Waals surface area contributed by atoms with Gasteiger partial charge in [-0.1, -0.05) is 26.8 Å². The first kappa shape index (κ1) is 12.2. The van der Waals surface area contributed by atoms with Crippen LogP contribution in [0.5, 0.6) is 0 Å². The summed E-state index contributed by atoms with van der Waals surface area (Å²) in [6, 6.07) is 0.368. The third-order valence-electron chi connectivity index (χ3n) is 2.13. The lowest BCUT2D eigenvalue weighted by molar-refractivity contribution is -0.128. The predicted molar refractivity (Wildman–Crippen MR) is 56.3 cm³/mol. The average Bonchev–Trinajstić information content (AvgIpc) is 2.07. The molecule has 2 nitrogen and oxygen atoms in total. The summed E-state index contributed by atoms with van der Waals surface area (Å²) in [6.07, 6.45) is 5.07. The Morgan fingerprint density at radius 1 is 1.38 bits per heavy atom. The maximum atomic E-state index is 11.0. The quantitative estimate of drug-likeness (QED) is 0.565. The van der Waals surface area contributed by atoms with Crippen molar-refractivity contribution in [2.24, 2.45) is 5.92 Å². The fraction of sp³-hybridized carbons (Fsp3) is 0.727. The van der Waals surface area contributed by atoms with Crippen molar-refractivity contribution in [1.82, 2.24) is 4.90 Å². The number of allylic oxidation sites excluding steroid dienone is 1. The van der Waals surface area contributed by atoms with Gasteiger partial charge < -0.3 is 4.90 Å². The summed E-state index contributed by atoms with van der Waals surface area (Å²) in [5.74, 6) is 0.751. The Bertz CT molecular complexity index is 187. The van der Waals surface area contributed by atoms with E-state index < -0.39 is 0 Å². The Morgan fingerprint density at radius 3 is 2.31 bits per heavy atom. The highest BCUT2D eigenvalue weighted by Gasteiger charge is 2.19. The molecule has 0 fully saturated rings. The molecule has 0 N–H and O–H groups in total. The van der Waals surface area contributed by atoms with Gasteiger partial charge in [-0.25, -0.2) is 0 Å². The summed E-state index contributed by atoms with van der Waals surface area (Å²) in [4.78, 5) is 12.8. The lowest BCUT2D eigenvalue weighted by atomic mass is 9.98. The first-order chi connectivity index (χ1) is 6.11. The van der Waals surface area contributed by atoms with Crippen molar-refractivity contribution >= 4 is 5.91 Å². The van der Waals surface area contributed by atoms with Crippen molar-refractivity contribution in [2.75, 3.05) is 0 Å². The number of nitrogens with zero attached hydrogens (tertiary/aromatic N) is 1. The normalized spacial score (nSPS) is 26.4. The van der Waals surface area contributed by atoms with Crippen molar-refractivity contribution < 1.29 is 4.79 Å². The fourth-order valence-corrected chi connectivity index (χ4v) is 1.53. The number of carbonyl (C=O) groups excluding carboxylic acids is 1. The Kier molecular flexibility index (Phi) is 5.44. The first-order valence-corrected chi connectivity index (χ1v) is 5.08. The molecule has 0 saturated carbocycles. The second kappa shape index (κ2) is 5.79. The smallest absolute Gasteiger partial charge is 0.223 e. The highest BCUT2D eigenvalue weighted by Crippen LogP contribution is 2.18. The number of hydrogen-bond donors (Lipinski definition) is 0. The van der Waals surface area contributed by atoms with E-state index in [9.17, 15) is 4.79 Å². The lowest BCUT2D eigenvalue weighted by Gasteiger charge is -2.30. The van der Waals surface area contributed by atoms with Gasteiger partial charge >= 0.3 is 0 Å². The zero-order valence-electron chi connectivity index (χ0n) is 9.37. The van der Waals surface area contributed by atoms with Gasteiger partial charge in [0.1, 0.15) is 0 Å². The molecule has 2 atom stereocenters. The first-order valence-electron chi connectivity index (χ1n) is 5.08. The van der Waals surface area contributed by atoms with Gasteiger partial charge in [0.05, 0.1) is 0 Å². The largest absolute Gasteiger partial charge is 0.317 e. The molecule has 1 heterocycles. The van der Waals surface area contributed by atoms with Gasteiger partial charge in [0.25, 0.3) is 0 Å². The molecular formula is C11H21NO. The third-order valence-corrected chi connectivity index (χ3v) is 2.13. The highest BCUT2D eigenvalue weighted by molar-refractivity contribution is 5.74. The standard InChI is InChI=1S/C9H15NO.C2H6/c1-7-4-5-10(9(3)11)8(2)6-7;1-2/h4-5,7-8H,6H2,1-3H3;1-2H3. The van der Waals surface area contributed by atoms with Gasteiger partial charge in [0.2, 0.25) is 5.91 Å². The summed E-state index contributed by atoms with van der Waals surface area (Å²) in [7, 11) is 0. The van der Waals surface area contributed by atoms with Gasteiger partial charge in [0, 0.05) is 19.2 Å². The SMILES string of the molecule is CC.CC(=O)N1C=CC(C)CC1C. The van der Waals surface area contributed by atoms with Gasteiger partial charge in [-0.3, -0.25) is 4.79 Å². The summed E-state index contributed by atoms with van der Waals surface area (Å²) in [5.41, 5.74) is 0. The molecule has 0 spiro atoms. The van der Waals surface area contributed by atoms with Crippen LogP contribution in [0.2, 0.25) is 0 Å². The van der Waals surface area contributed by atoms with E-state index in [0.717, 1.165) is 6.42 Å². The lowest BCUT2D eigenvalue weighted by Crippen LogP contribution is -2.35. The summed E-state index contributed by atoms with van der Waals surface area (Å²) < 4.78 is 0. The molecule has 76 valence electrons. The van der Waals surface area contributed by atoms with Crippen molar-refractivity contribution in [3.05, 3.63) is 12.3 Å². The maximum absolute atomic E-state index is 11.0. The molecule has 1 amide bonds. The van der Waals surface area contributed by atoms with Crippen LogP contribution in [0.25, 0.3) is 0 Å². The fourth-order valence-electron chi connectivity index (χ4n) is 1.53. The van der Waals surface area contributed by atoms with E-state index in [1.807, 2.05) is 20.0 Å². The second-order valence-electron chi connectivity index (χ2n) is 3.33. The van der Waals surface area contributed by atoms with Crippen LogP contribution < -0.4 is 0 Å². The van der Waals surface area contributed by atoms with Crippen LogP contribution >= 0.6 is 0 Å². The van der Waals surface area contributed by atoms with E-state index in [-0.39, 0.29) is 5.91 Å². The van der Waals surface area contributed by atoms with E-state index in [0.29, 0.717) is 12.0 Å². The molecule has 1 rings (SSSR count). The topological polar surface area (TPSA) is 20.3 Å². The molecule has 1 aliphatic rings. The van der Waals surface area contributed by atoms with Crippen LogP contribution in [0.4, 0.5) is 0 Å². The molecule has 0 saturated heterocycles. The third kappa shape index (κ3) is 3.62. The molecule has 1 aliphatic heterocycles. The second-order valence-corrected chi connectivity index (χ2v) is 3.33. The van der Waals surface area contributed by atoms with Crippen molar-refractivity contribution in [3.63, 3.8) is 0 Å². The van der Waals surface area contributed by atoms with E-state index in [4.69, 9.17) is 0 Å². The number of hydrogen-bond acceptors (Lipinski definition) is 1. The summed E-state index contributed by atoms with van der Waals surface area (Å²) >= 11 is 0. The Hall–Kier alpha value is -0.790. The molecule has 2 heteroatoms. The summed E-state index contributed by atoms with van der Waals surface area (Å²) in [6.45, 7) is 9.86. The Labute approximate surface area is 81.6 Å². The van der Waals surface area contributed by atoms with Crippen LogP contribution in [0, 0.1) is 5.92 Å². The van der Waals surface area contributed by atoms with E-state index in [1.165, 1.54) is 0 Å². The minimum atomic E-state index is 0.139. The molecule has 0 aromatic heterocycles. The van der Waals surface area contributed by atoms with Crippen molar-refractivity contribution in [3.8, 4) is 0 Å². The van der Waals surface area contributed by atoms with Crippen LogP contribution in [-0.2, 0) is 4.79 Å². The summed E-state index contributed by atoms with van der Waals surface area (Å²) in [5, 5.41) is 0. The minimum Gasteiger partial charge on any atom is -0.317 e. The highest BCUT2D eigenvalue weighted by atomic mass is 16.2. The van der Waals surface area contributed by atoms with Crippen molar-refractivity contribution in [1.29, 1.82) is 0 Å². The van der Waals surface area contributed by atoms with Crippen LogP contribution in [0.3, 0.4) is 0 Å². The van der Waals surface area contributed by atoms with Crippen LogP contribution in [0.1, 0.15) is 41.0 Å². The Balaban J connectivity index is 0.000000671. The molecule has 2 unspecified atom stereocenters. The van der Waals surface area contributed by atoms with Gasteiger partial charge in [-0.15, -0.1) is 0 Å². The van der Waals surface area contributed by atoms with Crippen molar-refractivity contribution in [2.45, 2.75) is 47.1 Å². The minimum absolute atomic E-state index is 0.139. The number of amides is 1. The van der Waals surface area contributed by atoms with E-state index >= 15 is 0 Å². The zero-order chi connectivity index (χ0) is 10.4. The number of carbonyl (C=O) groups is 1. The molecule has 0 bridgehead atoms. The molecule has 0 aromatic carbocycles. The van der Waals surface area contributed by atoms with E-state index in [1.54, 1.807) is 11.8 Å². The van der Waals surface area contributed by atoms with Gasteiger partial charge in [-0.2, -0.15) is 0 Å².